The number of nitrogens with one attached hydrogen (secondary N) is 4. The molecule has 0 fully saturated rings. The highest BCUT2D eigenvalue weighted by Crippen LogP contribution is 2.38. The Morgan fingerprint density at radius 3 is 1.28 bits per heavy atom. The van der Waals surface area contributed by atoms with E-state index in [0.29, 0.717) is 0 Å². The van der Waals surface area contributed by atoms with Crippen LogP contribution in [-0.2, 0) is 0 Å². The summed E-state index contributed by atoms with van der Waals surface area (Å²) < 4.78 is 0. The fraction of sp³-hybridized carbons (Fsp3) is 0. The zero-order valence-electron chi connectivity index (χ0n) is 24.8. The van der Waals surface area contributed by atoms with Crippen LogP contribution in [0.2, 0.25) is 0 Å². The minimum absolute atomic E-state index is 0.831. The molecule has 0 aliphatic rings. The lowest BCUT2D eigenvalue weighted by atomic mass is 10.0. The third-order valence-electron chi connectivity index (χ3n) is 8.65. The van der Waals surface area contributed by atoms with Gasteiger partial charge in [0, 0.05) is 67.6 Å². The summed E-state index contributed by atoms with van der Waals surface area (Å²) in [6, 6.07) is 46.0. The van der Waals surface area contributed by atoms with Gasteiger partial charge in [0.25, 0.3) is 0 Å². The molecule has 0 saturated heterocycles. The van der Waals surface area contributed by atoms with Crippen LogP contribution in [0.25, 0.3) is 89.6 Å². The van der Waals surface area contributed by atoms with E-state index in [4.69, 9.17) is 9.97 Å². The fourth-order valence-electron chi connectivity index (χ4n) is 6.37. The van der Waals surface area contributed by atoms with Crippen molar-refractivity contribution in [2.24, 2.45) is 0 Å². The van der Waals surface area contributed by atoms with Crippen molar-refractivity contribution >= 4 is 21.8 Å². The average Bonchev–Trinajstić information content (AvgIpc) is 3.93. The molecule has 0 bridgehead atoms. The topological polar surface area (TPSA) is 88.9 Å². The predicted molar refractivity (Wildman–Crippen MR) is 187 cm³/mol. The van der Waals surface area contributed by atoms with Crippen LogP contribution in [0.1, 0.15) is 0 Å². The molecule has 4 heterocycles. The van der Waals surface area contributed by atoms with Crippen molar-refractivity contribution in [3.8, 4) is 67.8 Å². The van der Waals surface area contributed by atoms with E-state index in [1.54, 1.807) is 0 Å². The van der Waals surface area contributed by atoms with E-state index < -0.39 is 0 Å². The molecule has 9 aromatic rings. The van der Waals surface area contributed by atoms with E-state index in [1.165, 1.54) is 0 Å². The van der Waals surface area contributed by atoms with Crippen LogP contribution in [0.3, 0.4) is 0 Å². The molecular weight excluding hydrogens is 564 g/mol. The molecule has 6 nitrogen and oxygen atoms in total. The van der Waals surface area contributed by atoms with E-state index in [0.717, 1.165) is 89.6 Å². The number of hydrogen-bond donors (Lipinski definition) is 4. The molecule has 5 aromatic carbocycles. The van der Waals surface area contributed by atoms with Crippen molar-refractivity contribution in [3.63, 3.8) is 0 Å². The maximum absolute atomic E-state index is 5.18. The summed E-state index contributed by atoms with van der Waals surface area (Å²) >= 11 is 0. The van der Waals surface area contributed by atoms with Crippen molar-refractivity contribution in [2.75, 3.05) is 0 Å². The summed E-state index contributed by atoms with van der Waals surface area (Å²) in [6.45, 7) is 0. The first-order valence-corrected chi connectivity index (χ1v) is 15.3. The molecular formula is C40H28N6. The molecule has 0 saturated carbocycles. The highest BCUT2D eigenvalue weighted by molar-refractivity contribution is 5.96. The molecule has 0 aliphatic carbocycles. The smallest absolute Gasteiger partial charge is 0.140 e. The largest absolute Gasteiger partial charge is 0.360 e. The van der Waals surface area contributed by atoms with Gasteiger partial charge in [-0.05, 0) is 12.1 Å². The summed E-state index contributed by atoms with van der Waals surface area (Å²) in [5.74, 6) is 1.66. The Labute approximate surface area is 264 Å². The number of imidazole rings is 2. The second kappa shape index (κ2) is 10.6. The lowest BCUT2D eigenvalue weighted by Gasteiger charge is -2.06. The number of hydrogen-bond acceptors (Lipinski definition) is 2. The van der Waals surface area contributed by atoms with Crippen molar-refractivity contribution in [3.05, 3.63) is 146 Å². The molecule has 4 aromatic heterocycles. The lowest BCUT2D eigenvalue weighted by molar-refractivity contribution is 1.31. The first-order valence-electron chi connectivity index (χ1n) is 15.3. The number of fused-ring (bicyclic) bond motifs is 2. The van der Waals surface area contributed by atoms with Gasteiger partial charge in [0.2, 0.25) is 0 Å². The van der Waals surface area contributed by atoms with E-state index in [2.05, 4.69) is 129 Å². The monoisotopic (exact) mass is 592 g/mol. The predicted octanol–water partition coefficient (Wildman–Crippen LogP) is 10.1. The van der Waals surface area contributed by atoms with Crippen LogP contribution in [0, 0.1) is 0 Å². The molecule has 0 radical (unpaired) electrons. The second-order valence-electron chi connectivity index (χ2n) is 11.4. The summed E-state index contributed by atoms with van der Waals surface area (Å²) in [7, 11) is 0. The summed E-state index contributed by atoms with van der Waals surface area (Å²) in [4.78, 5) is 24.4. The van der Waals surface area contributed by atoms with Crippen molar-refractivity contribution < 1.29 is 0 Å². The first kappa shape index (κ1) is 26.0. The van der Waals surface area contributed by atoms with E-state index >= 15 is 0 Å². The highest BCUT2D eigenvalue weighted by Gasteiger charge is 2.20. The standard InChI is InChI=1S/C40H28N6/c1-3-11-25(12-4-1)35-37(45-39(43-35)31-23-41-33-17-9-7-15-29(31)33)27-19-21-28(22-20-27)38-36(26-13-5-2-6-14-26)44-40(46-38)32-24-42-34-18-10-8-16-30(32)34/h1-24,41-42H,(H,43,45)(H,44,46). The van der Waals surface area contributed by atoms with Gasteiger partial charge in [0.05, 0.1) is 22.8 Å². The SMILES string of the molecule is c1ccc(-c2nc(-c3c[nH]c4ccccc34)[nH]c2-c2ccc(-c3nc(-c4c[nH]c5ccccc45)[nH]c3-c3ccccc3)cc2)cc1. The van der Waals surface area contributed by atoms with E-state index in [9.17, 15) is 0 Å². The summed E-state index contributed by atoms with van der Waals surface area (Å²) in [5.41, 5.74) is 12.3. The Hall–Kier alpha value is -6.40. The Morgan fingerprint density at radius 1 is 0.370 bits per heavy atom. The summed E-state index contributed by atoms with van der Waals surface area (Å²) in [5, 5.41) is 2.27. The number of H-pyrrole nitrogens is 4. The Morgan fingerprint density at radius 2 is 0.761 bits per heavy atom. The number of para-hydroxylation sites is 2. The van der Waals surface area contributed by atoms with Gasteiger partial charge in [-0.1, -0.05) is 121 Å². The van der Waals surface area contributed by atoms with E-state index in [-0.39, 0.29) is 0 Å². The zero-order chi connectivity index (χ0) is 30.5. The van der Waals surface area contributed by atoms with Crippen molar-refractivity contribution in [1.82, 2.24) is 29.9 Å². The normalized spacial score (nSPS) is 11.5. The van der Waals surface area contributed by atoms with Crippen LogP contribution in [0.15, 0.2) is 146 Å². The number of benzene rings is 5. The van der Waals surface area contributed by atoms with Crippen LogP contribution >= 0.6 is 0 Å². The molecule has 9 rings (SSSR count). The van der Waals surface area contributed by atoms with E-state index in [1.807, 2.05) is 36.7 Å². The zero-order valence-corrected chi connectivity index (χ0v) is 24.8. The van der Waals surface area contributed by atoms with Gasteiger partial charge >= 0.3 is 0 Å². The molecule has 0 spiro atoms. The lowest BCUT2D eigenvalue weighted by Crippen LogP contribution is -1.86. The molecule has 0 unspecified atom stereocenters. The number of nitrogens with zero attached hydrogens (tertiary/aromatic N) is 2. The van der Waals surface area contributed by atoms with Crippen molar-refractivity contribution in [2.45, 2.75) is 0 Å². The molecule has 0 amide bonds. The van der Waals surface area contributed by atoms with Gasteiger partial charge in [-0.3, -0.25) is 0 Å². The Kier molecular flexibility index (Phi) is 6.03. The van der Waals surface area contributed by atoms with Gasteiger partial charge < -0.3 is 19.9 Å². The number of aromatic nitrogens is 6. The quantitative estimate of drug-likeness (QED) is 0.155. The third kappa shape index (κ3) is 4.35. The van der Waals surface area contributed by atoms with Crippen LogP contribution in [0.5, 0.6) is 0 Å². The van der Waals surface area contributed by atoms with Gasteiger partial charge in [0.15, 0.2) is 0 Å². The van der Waals surface area contributed by atoms with Gasteiger partial charge in [-0.25, -0.2) is 9.97 Å². The van der Waals surface area contributed by atoms with Crippen LogP contribution < -0.4 is 0 Å². The average molecular weight is 593 g/mol. The summed E-state index contributed by atoms with van der Waals surface area (Å²) in [6.07, 6.45) is 4.05. The second-order valence-corrected chi connectivity index (χ2v) is 11.4. The third-order valence-corrected chi connectivity index (χ3v) is 8.65. The molecule has 0 aliphatic heterocycles. The molecule has 0 atom stereocenters. The molecule has 6 heteroatoms. The maximum Gasteiger partial charge on any atom is 0.140 e. The Balaban J connectivity index is 1.16. The van der Waals surface area contributed by atoms with Gasteiger partial charge in [0.1, 0.15) is 11.6 Å². The highest BCUT2D eigenvalue weighted by atomic mass is 15.0. The molecule has 4 N–H and O–H groups in total. The first-order chi connectivity index (χ1) is 22.8. The van der Waals surface area contributed by atoms with Crippen molar-refractivity contribution in [1.29, 1.82) is 0 Å². The maximum atomic E-state index is 5.18. The number of aromatic amines is 4. The van der Waals surface area contributed by atoms with Gasteiger partial charge in [-0.15, -0.1) is 0 Å². The van der Waals surface area contributed by atoms with Crippen LogP contribution in [0.4, 0.5) is 0 Å². The molecule has 218 valence electrons. The van der Waals surface area contributed by atoms with Gasteiger partial charge in [-0.2, -0.15) is 0 Å². The minimum atomic E-state index is 0.831. The molecule has 46 heavy (non-hydrogen) atoms. The Bertz CT molecular complexity index is 2280. The minimum Gasteiger partial charge on any atom is -0.360 e. The number of rotatable bonds is 6. The fourth-order valence-corrected chi connectivity index (χ4v) is 6.37. The van der Waals surface area contributed by atoms with Crippen LogP contribution in [-0.4, -0.2) is 29.9 Å².